The summed E-state index contributed by atoms with van der Waals surface area (Å²) in [6.07, 6.45) is 0.426. The highest BCUT2D eigenvalue weighted by molar-refractivity contribution is 5.82. The van der Waals surface area contributed by atoms with Crippen LogP contribution in [0.4, 0.5) is 5.69 Å². The molecule has 2 aromatic carbocycles. The van der Waals surface area contributed by atoms with Gasteiger partial charge in [0.05, 0.1) is 0 Å². The summed E-state index contributed by atoms with van der Waals surface area (Å²) in [6.45, 7) is 6.00. The molecular formula is C19H23NO2. The average molecular weight is 297 g/mol. The van der Waals surface area contributed by atoms with E-state index in [2.05, 4.69) is 19.2 Å². The second-order valence-corrected chi connectivity index (χ2v) is 6.20. The normalized spacial score (nSPS) is 13.6. The van der Waals surface area contributed by atoms with Crippen LogP contribution in [0, 0.1) is 0 Å². The Morgan fingerprint density at radius 2 is 1.68 bits per heavy atom. The summed E-state index contributed by atoms with van der Waals surface area (Å²) in [4.78, 5) is 11.7. The van der Waals surface area contributed by atoms with Gasteiger partial charge in [0.2, 0.25) is 0 Å². The molecule has 0 saturated carbocycles. The van der Waals surface area contributed by atoms with Gasteiger partial charge in [-0.25, -0.2) is 4.79 Å². The minimum atomic E-state index is -1.04. The van der Waals surface area contributed by atoms with Crippen LogP contribution in [0.15, 0.2) is 54.6 Å². The first kappa shape index (κ1) is 16.1. The van der Waals surface area contributed by atoms with Crippen molar-refractivity contribution < 1.29 is 9.90 Å². The Morgan fingerprint density at radius 1 is 1.09 bits per heavy atom. The van der Waals surface area contributed by atoms with E-state index in [9.17, 15) is 9.90 Å². The topological polar surface area (TPSA) is 49.3 Å². The molecule has 1 unspecified atom stereocenters. The predicted molar refractivity (Wildman–Crippen MR) is 90.3 cm³/mol. The largest absolute Gasteiger partial charge is 0.480 e. The highest BCUT2D eigenvalue weighted by atomic mass is 16.4. The average Bonchev–Trinajstić information content (AvgIpc) is 2.48. The van der Waals surface area contributed by atoms with Crippen molar-refractivity contribution in [2.75, 3.05) is 5.32 Å². The summed E-state index contributed by atoms with van der Waals surface area (Å²) in [5.41, 5.74) is 2.02. The van der Waals surface area contributed by atoms with Crippen LogP contribution in [0.3, 0.4) is 0 Å². The Morgan fingerprint density at radius 3 is 2.18 bits per heavy atom. The third-order valence-corrected chi connectivity index (χ3v) is 3.87. The maximum atomic E-state index is 11.7. The van der Waals surface area contributed by atoms with Gasteiger partial charge in [-0.2, -0.15) is 0 Å². The van der Waals surface area contributed by atoms with Gasteiger partial charge < -0.3 is 10.4 Å². The van der Waals surface area contributed by atoms with E-state index in [1.807, 2.05) is 54.6 Å². The van der Waals surface area contributed by atoms with Crippen LogP contribution in [0.2, 0.25) is 0 Å². The quantitative estimate of drug-likeness (QED) is 0.835. The van der Waals surface area contributed by atoms with E-state index in [1.165, 1.54) is 5.56 Å². The molecule has 0 amide bonds. The maximum Gasteiger partial charge on any atom is 0.329 e. The summed E-state index contributed by atoms with van der Waals surface area (Å²) in [7, 11) is 0. The molecule has 0 heterocycles. The minimum Gasteiger partial charge on any atom is -0.480 e. The molecule has 0 spiro atoms. The molecule has 0 radical (unpaired) electrons. The molecule has 3 nitrogen and oxygen atoms in total. The summed E-state index contributed by atoms with van der Waals surface area (Å²) in [5, 5.41) is 12.8. The zero-order valence-electron chi connectivity index (χ0n) is 13.3. The Bertz CT molecular complexity index is 620. The number of carbonyl (C=O) groups is 1. The van der Waals surface area contributed by atoms with Crippen LogP contribution in [-0.2, 0) is 11.2 Å². The van der Waals surface area contributed by atoms with Gasteiger partial charge in [-0.05, 0) is 36.1 Å². The molecule has 22 heavy (non-hydrogen) atoms. The second kappa shape index (κ2) is 6.65. The van der Waals surface area contributed by atoms with Crippen molar-refractivity contribution in [3.63, 3.8) is 0 Å². The molecule has 0 bridgehead atoms. The molecular weight excluding hydrogens is 274 g/mol. The number of hydrogen-bond acceptors (Lipinski definition) is 2. The van der Waals surface area contributed by atoms with Crippen molar-refractivity contribution in [2.24, 2.45) is 0 Å². The number of nitrogens with one attached hydrogen (secondary N) is 1. The lowest BCUT2D eigenvalue weighted by molar-refractivity contribution is -0.141. The zero-order valence-corrected chi connectivity index (χ0v) is 13.3. The molecule has 0 aliphatic carbocycles. The van der Waals surface area contributed by atoms with Gasteiger partial charge in [-0.15, -0.1) is 0 Å². The van der Waals surface area contributed by atoms with Crippen LogP contribution in [0.1, 0.15) is 37.8 Å². The molecule has 116 valence electrons. The van der Waals surface area contributed by atoms with Crippen molar-refractivity contribution >= 4 is 11.7 Å². The summed E-state index contributed by atoms with van der Waals surface area (Å²) >= 11 is 0. The number of aliphatic carboxylic acids is 1. The van der Waals surface area contributed by atoms with E-state index in [0.29, 0.717) is 12.3 Å². The Labute approximate surface area is 132 Å². The molecule has 3 heteroatoms. The third-order valence-electron chi connectivity index (χ3n) is 3.87. The lowest BCUT2D eigenvalue weighted by Crippen LogP contribution is -2.45. The Hall–Kier alpha value is -2.29. The fourth-order valence-corrected chi connectivity index (χ4v) is 2.45. The maximum absolute atomic E-state index is 11.7. The molecule has 2 rings (SSSR count). The molecule has 0 saturated heterocycles. The third kappa shape index (κ3) is 3.88. The minimum absolute atomic E-state index is 0.426. The highest BCUT2D eigenvalue weighted by Gasteiger charge is 2.33. The smallest absolute Gasteiger partial charge is 0.329 e. The fraction of sp³-hybridized carbons (Fsp3) is 0.316. The van der Waals surface area contributed by atoms with Crippen LogP contribution in [0.5, 0.6) is 0 Å². The van der Waals surface area contributed by atoms with E-state index in [1.54, 1.807) is 6.92 Å². The van der Waals surface area contributed by atoms with Gasteiger partial charge >= 0.3 is 5.97 Å². The van der Waals surface area contributed by atoms with Crippen molar-refractivity contribution in [2.45, 2.75) is 38.6 Å². The number of rotatable bonds is 6. The van der Waals surface area contributed by atoms with Crippen molar-refractivity contribution in [3.8, 4) is 0 Å². The van der Waals surface area contributed by atoms with E-state index < -0.39 is 11.5 Å². The number of benzene rings is 2. The molecule has 0 aromatic heterocycles. The Kier molecular flexibility index (Phi) is 4.86. The van der Waals surface area contributed by atoms with Gasteiger partial charge in [0.25, 0.3) is 0 Å². The molecule has 2 N–H and O–H groups in total. The van der Waals surface area contributed by atoms with Crippen LogP contribution < -0.4 is 5.32 Å². The number of carboxylic acid groups (broad SMARTS) is 1. The van der Waals surface area contributed by atoms with Gasteiger partial charge in [0.15, 0.2) is 0 Å². The standard InChI is InChI=1S/C19H23NO2/c1-14(2)16-9-11-17(12-10-16)20-19(3,18(21)22)13-15-7-5-4-6-8-15/h4-12,14,20H,13H2,1-3H3,(H,21,22). The Balaban J connectivity index is 2.19. The molecule has 0 fully saturated rings. The zero-order chi connectivity index (χ0) is 16.2. The predicted octanol–water partition coefficient (Wildman–Crippen LogP) is 4.31. The van der Waals surface area contributed by atoms with Gasteiger partial charge in [-0.3, -0.25) is 0 Å². The van der Waals surface area contributed by atoms with Crippen molar-refractivity contribution in [3.05, 3.63) is 65.7 Å². The SMILES string of the molecule is CC(C)c1ccc(NC(C)(Cc2ccccc2)C(=O)O)cc1. The van der Waals surface area contributed by atoms with E-state index in [0.717, 1.165) is 11.3 Å². The van der Waals surface area contributed by atoms with Crippen LogP contribution in [0.25, 0.3) is 0 Å². The number of hydrogen-bond donors (Lipinski definition) is 2. The van der Waals surface area contributed by atoms with Crippen LogP contribution in [-0.4, -0.2) is 16.6 Å². The van der Waals surface area contributed by atoms with E-state index in [4.69, 9.17) is 0 Å². The monoisotopic (exact) mass is 297 g/mol. The van der Waals surface area contributed by atoms with Gasteiger partial charge in [0.1, 0.15) is 5.54 Å². The number of carboxylic acids is 1. The van der Waals surface area contributed by atoms with Crippen LogP contribution >= 0.6 is 0 Å². The highest BCUT2D eigenvalue weighted by Crippen LogP contribution is 2.23. The fourth-order valence-electron chi connectivity index (χ4n) is 2.45. The molecule has 0 aliphatic heterocycles. The lowest BCUT2D eigenvalue weighted by atomic mass is 9.92. The lowest BCUT2D eigenvalue weighted by Gasteiger charge is -2.28. The summed E-state index contributed by atoms with van der Waals surface area (Å²) in [6, 6.07) is 17.7. The van der Waals surface area contributed by atoms with Crippen molar-refractivity contribution in [1.82, 2.24) is 0 Å². The summed E-state index contributed by atoms with van der Waals surface area (Å²) in [5.74, 6) is -0.395. The van der Waals surface area contributed by atoms with Crippen molar-refractivity contribution in [1.29, 1.82) is 0 Å². The van der Waals surface area contributed by atoms with E-state index in [-0.39, 0.29) is 0 Å². The first-order valence-electron chi connectivity index (χ1n) is 7.56. The molecule has 2 aromatic rings. The number of anilines is 1. The molecule has 1 atom stereocenters. The van der Waals surface area contributed by atoms with Gasteiger partial charge in [0, 0.05) is 12.1 Å². The summed E-state index contributed by atoms with van der Waals surface area (Å²) < 4.78 is 0. The molecule has 0 aliphatic rings. The van der Waals surface area contributed by atoms with Gasteiger partial charge in [-0.1, -0.05) is 56.3 Å². The first-order valence-corrected chi connectivity index (χ1v) is 7.56. The second-order valence-electron chi connectivity index (χ2n) is 6.20. The van der Waals surface area contributed by atoms with E-state index >= 15 is 0 Å². The first-order chi connectivity index (χ1) is 10.4.